The lowest BCUT2D eigenvalue weighted by atomic mass is 10.0. The van der Waals surface area contributed by atoms with E-state index in [1.54, 1.807) is 19.2 Å². The van der Waals surface area contributed by atoms with Gasteiger partial charge >= 0.3 is 6.18 Å². The van der Waals surface area contributed by atoms with E-state index in [4.69, 9.17) is 11.6 Å². The molecule has 0 bridgehead atoms. The third-order valence-electron chi connectivity index (χ3n) is 4.74. The quantitative estimate of drug-likeness (QED) is 0.312. The number of ketones is 1. The maximum atomic E-state index is 13.2. The average molecular weight is 525 g/mol. The maximum absolute atomic E-state index is 13.2. The number of aryl methyl sites for hydroxylation is 1. The van der Waals surface area contributed by atoms with Crippen LogP contribution in [0.4, 0.5) is 18.9 Å². The van der Waals surface area contributed by atoms with Crippen molar-refractivity contribution in [1.82, 2.24) is 15.0 Å². The summed E-state index contributed by atoms with van der Waals surface area (Å²) in [7, 11) is -4.52. The SMILES string of the molecule is CC.Cc1cnc(C(=O)c2ccnc3[nH]ccc23)c(NS(=O)(=O)c2ccc(Cl)c(C(F)(F)F)c2)c1. The van der Waals surface area contributed by atoms with E-state index in [1.807, 2.05) is 13.8 Å². The molecule has 0 aliphatic rings. The average Bonchev–Trinajstić information content (AvgIpc) is 3.28. The molecular weight excluding hydrogens is 505 g/mol. The third-order valence-corrected chi connectivity index (χ3v) is 6.43. The van der Waals surface area contributed by atoms with Crippen molar-refractivity contribution in [3.05, 3.63) is 82.4 Å². The number of carbonyl (C=O) groups excluding carboxylic acids is 1. The van der Waals surface area contributed by atoms with Crippen molar-refractivity contribution in [2.75, 3.05) is 4.72 Å². The lowest BCUT2D eigenvalue weighted by Crippen LogP contribution is -2.18. The molecule has 12 heteroatoms. The Labute approximate surface area is 204 Å². The fraction of sp³-hybridized carbons (Fsp3) is 0.174. The van der Waals surface area contributed by atoms with Crippen LogP contribution < -0.4 is 4.72 Å². The van der Waals surface area contributed by atoms with Crippen molar-refractivity contribution in [3.63, 3.8) is 0 Å². The molecule has 35 heavy (non-hydrogen) atoms. The minimum absolute atomic E-state index is 0.177. The van der Waals surface area contributed by atoms with E-state index in [0.29, 0.717) is 22.7 Å². The van der Waals surface area contributed by atoms with E-state index in [2.05, 4.69) is 19.7 Å². The van der Waals surface area contributed by atoms with E-state index in [0.717, 1.165) is 12.1 Å². The largest absolute Gasteiger partial charge is 0.417 e. The van der Waals surface area contributed by atoms with Gasteiger partial charge in [-0.05, 0) is 48.9 Å². The number of alkyl halides is 3. The number of aromatic nitrogens is 3. The first-order chi connectivity index (χ1) is 16.5. The van der Waals surface area contributed by atoms with E-state index < -0.39 is 37.5 Å². The number of pyridine rings is 2. The highest BCUT2D eigenvalue weighted by Crippen LogP contribution is 2.36. The molecular formula is C23H20ClF3N4O3S. The van der Waals surface area contributed by atoms with Crippen LogP contribution in [0, 0.1) is 6.92 Å². The summed E-state index contributed by atoms with van der Waals surface area (Å²) in [4.78, 5) is 23.6. The van der Waals surface area contributed by atoms with Gasteiger partial charge in [-0.25, -0.2) is 13.4 Å². The smallest absolute Gasteiger partial charge is 0.346 e. The van der Waals surface area contributed by atoms with Crippen LogP contribution in [-0.2, 0) is 16.2 Å². The highest BCUT2D eigenvalue weighted by Gasteiger charge is 2.34. The van der Waals surface area contributed by atoms with Crippen molar-refractivity contribution < 1.29 is 26.4 Å². The van der Waals surface area contributed by atoms with Crippen LogP contribution in [0.5, 0.6) is 0 Å². The molecule has 0 saturated heterocycles. The minimum Gasteiger partial charge on any atom is -0.346 e. The number of H-pyrrole nitrogens is 1. The predicted molar refractivity (Wildman–Crippen MR) is 127 cm³/mol. The molecule has 0 aliphatic carbocycles. The molecule has 0 saturated carbocycles. The minimum atomic E-state index is -4.85. The van der Waals surface area contributed by atoms with Gasteiger partial charge in [0.05, 0.1) is 21.2 Å². The lowest BCUT2D eigenvalue weighted by Gasteiger charge is -2.14. The number of nitrogens with one attached hydrogen (secondary N) is 2. The Morgan fingerprint density at radius 2 is 1.80 bits per heavy atom. The van der Waals surface area contributed by atoms with Crippen LogP contribution in [0.15, 0.2) is 59.9 Å². The van der Waals surface area contributed by atoms with E-state index in [-0.39, 0.29) is 16.9 Å². The van der Waals surface area contributed by atoms with Gasteiger partial charge in [-0.1, -0.05) is 25.4 Å². The van der Waals surface area contributed by atoms with Crippen molar-refractivity contribution in [2.45, 2.75) is 31.8 Å². The van der Waals surface area contributed by atoms with Crippen LogP contribution in [0.3, 0.4) is 0 Å². The molecule has 3 heterocycles. The zero-order chi connectivity index (χ0) is 26.0. The highest BCUT2D eigenvalue weighted by atomic mass is 35.5. The second-order valence-electron chi connectivity index (χ2n) is 7.08. The first-order valence-electron chi connectivity index (χ1n) is 10.3. The van der Waals surface area contributed by atoms with E-state index in [1.165, 1.54) is 24.5 Å². The van der Waals surface area contributed by atoms with Gasteiger partial charge < -0.3 is 4.98 Å². The fourth-order valence-electron chi connectivity index (χ4n) is 3.21. The highest BCUT2D eigenvalue weighted by molar-refractivity contribution is 7.92. The van der Waals surface area contributed by atoms with Gasteiger partial charge in [0.1, 0.15) is 11.3 Å². The summed E-state index contributed by atoms with van der Waals surface area (Å²) < 4.78 is 67.6. The maximum Gasteiger partial charge on any atom is 0.417 e. The Kier molecular flexibility index (Phi) is 7.51. The van der Waals surface area contributed by atoms with E-state index >= 15 is 0 Å². The van der Waals surface area contributed by atoms with Crippen molar-refractivity contribution in [3.8, 4) is 0 Å². The molecule has 4 aromatic rings. The number of nitrogens with zero attached hydrogens (tertiary/aromatic N) is 2. The van der Waals surface area contributed by atoms with Crippen molar-refractivity contribution in [2.24, 2.45) is 0 Å². The molecule has 184 valence electrons. The third kappa shape index (κ3) is 5.46. The summed E-state index contributed by atoms with van der Waals surface area (Å²) in [5, 5.41) is -0.131. The van der Waals surface area contributed by atoms with Gasteiger partial charge in [0.2, 0.25) is 5.78 Å². The molecule has 0 amide bonds. The number of hydrogen-bond donors (Lipinski definition) is 2. The van der Waals surface area contributed by atoms with Gasteiger partial charge in [0.15, 0.2) is 0 Å². The molecule has 4 rings (SSSR count). The van der Waals surface area contributed by atoms with Gasteiger partial charge in [-0.3, -0.25) is 14.5 Å². The first-order valence-corrected chi connectivity index (χ1v) is 12.2. The molecule has 7 nitrogen and oxygen atoms in total. The zero-order valence-electron chi connectivity index (χ0n) is 18.7. The summed E-state index contributed by atoms with van der Waals surface area (Å²) in [6, 6.07) is 6.69. The number of fused-ring (bicyclic) bond motifs is 1. The second-order valence-corrected chi connectivity index (χ2v) is 9.17. The summed E-state index contributed by atoms with van der Waals surface area (Å²) in [5.74, 6) is -0.591. The van der Waals surface area contributed by atoms with Crippen molar-refractivity contribution in [1.29, 1.82) is 0 Å². The van der Waals surface area contributed by atoms with Crippen LogP contribution in [0.1, 0.15) is 41.0 Å². The van der Waals surface area contributed by atoms with Crippen LogP contribution in [-0.4, -0.2) is 29.2 Å². The number of sulfonamides is 1. The van der Waals surface area contributed by atoms with Gasteiger partial charge in [0.25, 0.3) is 10.0 Å². The second kappa shape index (κ2) is 10.0. The monoisotopic (exact) mass is 524 g/mol. The predicted octanol–water partition coefficient (Wildman–Crippen LogP) is 6.00. The molecule has 0 spiro atoms. The number of halogens is 4. The number of carbonyl (C=O) groups is 1. The standard InChI is InChI=1S/C21H14ClF3N4O3S.C2H6/c1-11-8-17(29-33(31,32)12-2-3-16(22)15(9-12)21(23,24)25)18(28-10-11)19(30)13-4-6-26-20-14(13)5-7-27-20;1-2/h2-10,29H,1H3,(H,26,27);1-2H3. The number of aromatic amines is 1. The van der Waals surface area contributed by atoms with Gasteiger partial charge in [-0.15, -0.1) is 0 Å². The Morgan fingerprint density at radius 3 is 2.49 bits per heavy atom. The molecule has 3 aromatic heterocycles. The Morgan fingerprint density at radius 1 is 1.09 bits per heavy atom. The fourth-order valence-corrected chi connectivity index (χ4v) is 4.51. The Balaban J connectivity index is 0.00000167. The number of anilines is 1. The van der Waals surface area contributed by atoms with E-state index in [9.17, 15) is 26.4 Å². The van der Waals surface area contributed by atoms with Crippen LogP contribution in [0.2, 0.25) is 5.02 Å². The normalized spacial score (nSPS) is 11.6. The zero-order valence-corrected chi connectivity index (χ0v) is 20.3. The van der Waals surface area contributed by atoms with Crippen LogP contribution in [0.25, 0.3) is 11.0 Å². The summed E-state index contributed by atoms with van der Waals surface area (Å²) in [5.41, 5.74) is -0.484. The summed E-state index contributed by atoms with van der Waals surface area (Å²) >= 11 is 5.59. The lowest BCUT2D eigenvalue weighted by molar-refractivity contribution is -0.137. The molecule has 0 fully saturated rings. The molecule has 1 aromatic carbocycles. The molecule has 2 N–H and O–H groups in total. The van der Waals surface area contributed by atoms with Gasteiger partial charge in [-0.2, -0.15) is 13.2 Å². The number of benzene rings is 1. The summed E-state index contributed by atoms with van der Waals surface area (Å²) in [6.45, 7) is 5.62. The Hall–Kier alpha value is -3.44. The molecule has 0 aliphatic heterocycles. The Bertz CT molecular complexity index is 1500. The van der Waals surface area contributed by atoms with Gasteiger partial charge in [0, 0.05) is 29.5 Å². The number of hydrogen-bond acceptors (Lipinski definition) is 5. The molecule has 0 atom stereocenters. The number of rotatable bonds is 5. The topological polar surface area (TPSA) is 105 Å². The molecule has 0 unspecified atom stereocenters. The molecule has 0 radical (unpaired) electrons. The summed E-state index contributed by atoms with van der Waals surface area (Å²) in [6.07, 6.45) is -0.460. The van der Waals surface area contributed by atoms with Crippen molar-refractivity contribution >= 4 is 44.1 Å². The first kappa shape index (κ1) is 26.2. The van der Waals surface area contributed by atoms with Crippen LogP contribution >= 0.6 is 11.6 Å².